The molecule has 0 saturated heterocycles. The van der Waals surface area contributed by atoms with Gasteiger partial charge in [-0.2, -0.15) is 5.26 Å². The van der Waals surface area contributed by atoms with Gasteiger partial charge in [0.1, 0.15) is 11.5 Å². The van der Waals surface area contributed by atoms with Crippen molar-refractivity contribution >= 4 is 11.6 Å². The van der Waals surface area contributed by atoms with Crippen molar-refractivity contribution in [2.75, 3.05) is 11.9 Å². The van der Waals surface area contributed by atoms with Gasteiger partial charge in [-0.3, -0.25) is 4.79 Å². The number of carbonyl (C=O) groups excluding carboxylic acids is 1. The van der Waals surface area contributed by atoms with Crippen LogP contribution in [0.2, 0.25) is 0 Å². The van der Waals surface area contributed by atoms with E-state index in [-0.39, 0.29) is 12.3 Å². The maximum Gasteiger partial charge on any atom is 0.255 e. The topological polar surface area (TPSA) is 71.3 Å². The molecule has 5 nitrogen and oxygen atoms in total. The summed E-state index contributed by atoms with van der Waals surface area (Å²) in [5.41, 5.74) is 1.88. The first-order chi connectivity index (χ1) is 15.7. The van der Waals surface area contributed by atoms with Crippen molar-refractivity contribution in [3.63, 3.8) is 0 Å². The van der Waals surface area contributed by atoms with Gasteiger partial charge in [0.25, 0.3) is 5.91 Å². The maximum atomic E-state index is 12.8. The smallest absolute Gasteiger partial charge is 0.255 e. The number of hydrogen-bond donors (Lipinski definition) is 1. The first kappa shape index (κ1) is 22.9. The van der Waals surface area contributed by atoms with Crippen LogP contribution in [0.4, 0.5) is 5.69 Å². The lowest BCUT2D eigenvalue weighted by molar-refractivity contribution is 0.102. The number of nitrogens with one attached hydrogen (secondary N) is 1. The first-order valence-corrected chi connectivity index (χ1v) is 11.0. The van der Waals surface area contributed by atoms with Crippen LogP contribution in [0.15, 0.2) is 72.8 Å². The molecule has 0 aliphatic rings. The molecular formula is C27H28N2O3. The minimum absolute atomic E-state index is 0.235. The van der Waals surface area contributed by atoms with Gasteiger partial charge in [0.2, 0.25) is 0 Å². The van der Waals surface area contributed by atoms with Crippen molar-refractivity contribution in [1.29, 1.82) is 5.26 Å². The van der Waals surface area contributed by atoms with E-state index in [2.05, 4.69) is 18.3 Å². The second kappa shape index (κ2) is 12.2. The number of unbranched alkanes of at least 4 members (excludes halogenated alkanes) is 3. The van der Waals surface area contributed by atoms with Crippen molar-refractivity contribution in [3.05, 3.63) is 83.9 Å². The molecule has 164 valence electrons. The summed E-state index contributed by atoms with van der Waals surface area (Å²) in [4.78, 5) is 12.8. The Bertz CT molecular complexity index is 1050. The molecular weight excluding hydrogens is 400 g/mol. The van der Waals surface area contributed by atoms with Crippen molar-refractivity contribution < 1.29 is 14.3 Å². The van der Waals surface area contributed by atoms with E-state index < -0.39 is 0 Å². The number of rotatable bonds is 11. The van der Waals surface area contributed by atoms with Crippen molar-refractivity contribution in [2.45, 2.75) is 39.0 Å². The normalized spacial score (nSPS) is 10.2. The summed E-state index contributed by atoms with van der Waals surface area (Å²) in [5, 5.41) is 12.0. The van der Waals surface area contributed by atoms with Crippen LogP contribution in [0.25, 0.3) is 0 Å². The van der Waals surface area contributed by atoms with Crippen LogP contribution in [0.1, 0.15) is 48.5 Å². The zero-order valence-corrected chi connectivity index (χ0v) is 18.3. The summed E-state index contributed by atoms with van der Waals surface area (Å²) < 4.78 is 11.8. The van der Waals surface area contributed by atoms with E-state index in [1.165, 1.54) is 19.3 Å². The highest BCUT2D eigenvalue weighted by molar-refractivity contribution is 6.05. The second-order valence-corrected chi connectivity index (χ2v) is 7.43. The number of ether oxygens (including phenoxy) is 2. The Morgan fingerprint density at radius 1 is 0.906 bits per heavy atom. The zero-order valence-electron chi connectivity index (χ0n) is 18.3. The molecule has 0 aliphatic heterocycles. The molecule has 0 spiro atoms. The van der Waals surface area contributed by atoms with Crippen LogP contribution < -0.4 is 14.8 Å². The molecule has 3 aromatic rings. The molecule has 3 aromatic carbocycles. The Labute approximate surface area is 189 Å². The second-order valence-electron chi connectivity index (χ2n) is 7.43. The molecule has 0 bridgehead atoms. The lowest BCUT2D eigenvalue weighted by atomic mass is 10.1. The highest BCUT2D eigenvalue weighted by Gasteiger charge is 2.12. The Morgan fingerprint density at radius 3 is 2.38 bits per heavy atom. The standard InChI is InChI=1S/C27H28N2O3/c1-2-3-4-9-20-31-23-16-14-22(15-17-23)27(30)29-24-11-6-8-13-26(24)32-25-12-7-5-10-21(25)18-19-28/h5-8,10-17H,2-4,9,18,20H2,1H3,(H,29,30). The third-order valence-corrected chi connectivity index (χ3v) is 4.98. The molecule has 1 amide bonds. The molecule has 1 N–H and O–H groups in total. The monoisotopic (exact) mass is 428 g/mol. The molecule has 0 heterocycles. The maximum absolute atomic E-state index is 12.8. The van der Waals surface area contributed by atoms with Crippen LogP contribution in [0.5, 0.6) is 17.2 Å². The van der Waals surface area contributed by atoms with Crippen LogP contribution in [0, 0.1) is 11.3 Å². The van der Waals surface area contributed by atoms with E-state index >= 15 is 0 Å². The van der Waals surface area contributed by atoms with E-state index in [0.717, 1.165) is 17.7 Å². The lowest BCUT2D eigenvalue weighted by Crippen LogP contribution is -2.12. The molecule has 5 heteroatoms. The summed E-state index contributed by atoms with van der Waals surface area (Å²) in [6.45, 7) is 2.87. The number of amides is 1. The largest absolute Gasteiger partial charge is 0.494 e. The number of hydrogen-bond acceptors (Lipinski definition) is 4. The molecule has 0 aromatic heterocycles. The fourth-order valence-corrected chi connectivity index (χ4v) is 3.23. The summed E-state index contributed by atoms with van der Waals surface area (Å²) in [6.07, 6.45) is 4.86. The Morgan fingerprint density at radius 2 is 1.62 bits per heavy atom. The molecule has 0 atom stereocenters. The summed E-state index contributed by atoms with van der Waals surface area (Å²) in [7, 11) is 0. The first-order valence-electron chi connectivity index (χ1n) is 11.0. The number of para-hydroxylation sites is 3. The number of nitrogens with zero attached hydrogens (tertiary/aromatic N) is 1. The van der Waals surface area contributed by atoms with Gasteiger partial charge in [-0.05, 0) is 48.9 Å². The quantitative estimate of drug-likeness (QED) is 0.343. The summed E-state index contributed by atoms with van der Waals surface area (Å²) in [6, 6.07) is 23.9. The van der Waals surface area contributed by atoms with Gasteiger partial charge in [-0.1, -0.05) is 56.5 Å². The third-order valence-electron chi connectivity index (χ3n) is 4.98. The minimum atomic E-state index is -0.235. The lowest BCUT2D eigenvalue weighted by Gasteiger charge is -2.14. The average Bonchev–Trinajstić information content (AvgIpc) is 2.82. The van der Waals surface area contributed by atoms with Gasteiger partial charge in [-0.25, -0.2) is 0 Å². The molecule has 0 unspecified atom stereocenters. The molecule has 0 radical (unpaired) electrons. The highest BCUT2D eigenvalue weighted by Crippen LogP contribution is 2.32. The van der Waals surface area contributed by atoms with Gasteiger partial charge in [-0.15, -0.1) is 0 Å². The van der Waals surface area contributed by atoms with Gasteiger partial charge in [0.15, 0.2) is 5.75 Å². The van der Waals surface area contributed by atoms with Crippen LogP contribution in [-0.4, -0.2) is 12.5 Å². The highest BCUT2D eigenvalue weighted by atomic mass is 16.5. The summed E-state index contributed by atoms with van der Waals surface area (Å²) >= 11 is 0. The third kappa shape index (κ3) is 6.61. The van der Waals surface area contributed by atoms with Crippen LogP contribution >= 0.6 is 0 Å². The number of anilines is 1. The molecule has 0 aliphatic carbocycles. The average molecular weight is 429 g/mol. The fraction of sp³-hybridized carbons (Fsp3) is 0.259. The van der Waals surface area contributed by atoms with Gasteiger partial charge in [0, 0.05) is 11.1 Å². The molecule has 0 saturated carbocycles. The van der Waals surface area contributed by atoms with E-state index in [0.29, 0.717) is 29.4 Å². The molecule has 32 heavy (non-hydrogen) atoms. The van der Waals surface area contributed by atoms with Crippen molar-refractivity contribution in [3.8, 4) is 23.3 Å². The Kier molecular flexibility index (Phi) is 8.70. The number of nitriles is 1. The fourth-order valence-electron chi connectivity index (χ4n) is 3.23. The molecule has 0 fully saturated rings. The predicted octanol–water partition coefficient (Wildman–Crippen LogP) is 6.76. The Balaban J connectivity index is 1.64. The van der Waals surface area contributed by atoms with Gasteiger partial charge < -0.3 is 14.8 Å². The SMILES string of the molecule is CCCCCCOc1ccc(C(=O)Nc2ccccc2Oc2ccccc2CC#N)cc1. The van der Waals surface area contributed by atoms with E-state index in [4.69, 9.17) is 14.7 Å². The van der Waals surface area contributed by atoms with Crippen LogP contribution in [-0.2, 0) is 6.42 Å². The van der Waals surface area contributed by atoms with E-state index in [1.807, 2.05) is 48.5 Å². The predicted molar refractivity (Wildman–Crippen MR) is 126 cm³/mol. The van der Waals surface area contributed by atoms with E-state index in [9.17, 15) is 4.79 Å². The Hall–Kier alpha value is -3.78. The van der Waals surface area contributed by atoms with E-state index in [1.54, 1.807) is 24.3 Å². The van der Waals surface area contributed by atoms with Gasteiger partial charge >= 0.3 is 0 Å². The number of carbonyl (C=O) groups is 1. The minimum Gasteiger partial charge on any atom is -0.494 e. The van der Waals surface area contributed by atoms with Crippen molar-refractivity contribution in [2.24, 2.45) is 0 Å². The van der Waals surface area contributed by atoms with Crippen molar-refractivity contribution in [1.82, 2.24) is 0 Å². The van der Waals surface area contributed by atoms with Crippen LogP contribution in [0.3, 0.4) is 0 Å². The van der Waals surface area contributed by atoms with Gasteiger partial charge in [0.05, 0.1) is 24.8 Å². The number of benzene rings is 3. The zero-order chi connectivity index (χ0) is 22.6. The summed E-state index contributed by atoms with van der Waals surface area (Å²) in [5.74, 6) is 1.63. The molecule has 3 rings (SSSR count).